The summed E-state index contributed by atoms with van der Waals surface area (Å²) in [7, 11) is -4.17. The van der Waals surface area contributed by atoms with E-state index in [0.29, 0.717) is 6.61 Å². The first-order chi connectivity index (χ1) is 9.85. The minimum Gasteiger partial charge on any atom is -0.347 e. The summed E-state index contributed by atoms with van der Waals surface area (Å²) in [6.07, 6.45) is 9.08. The van der Waals surface area contributed by atoms with Gasteiger partial charge in [0, 0.05) is 13.0 Å². The fourth-order valence-electron chi connectivity index (χ4n) is 2.52. The summed E-state index contributed by atoms with van der Waals surface area (Å²) in [5.74, 6) is -0.630. The van der Waals surface area contributed by atoms with Crippen molar-refractivity contribution in [2.24, 2.45) is 0 Å². The largest absolute Gasteiger partial charge is 0.347 e. The summed E-state index contributed by atoms with van der Waals surface area (Å²) >= 11 is 0. The minimum absolute atomic E-state index is 0.0332. The molecule has 0 radical (unpaired) electrons. The smallest absolute Gasteiger partial charge is 0.333 e. The van der Waals surface area contributed by atoms with Crippen molar-refractivity contribution in [1.82, 2.24) is 4.72 Å². The second kappa shape index (κ2) is 9.05. The van der Waals surface area contributed by atoms with Crippen molar-refractivity contribution in [2.75, 3.05) is 13.2 Å². The summed E-state index contributed by atoms with van der Waals surface area (Å²) in [6.45, 7) is 4.47. The van der Waals surface area contributed by atoms with E-state index in [1.807, 2.05) is 11.6 Å². The Morgan fingerprint density at radius 1 is 1.19 bits per heavy atom. The Morgan fingerprint density at radius 2 is 1.81 bits per heavy atom. The van der Waals surface area contributed by atoms with Crippen molar-refractivity contribution in [3.05, 3.63) is 0 Å². The maximum atomic E-state index is 10.6. The first kappa shape index (κ1) is 18.8. The van der Waals surface area contributed by atoms with Gasteiger partial charge in [-0.05, 0) is 13.3 Å². The molecule has 126 valence electrons. The number of rotatable bonds is 11. The lowest BCUT2D eigenvalue weighted by Crippen LogP contribution is -2.34. The molecule has 0 amide bonds. The van der Waals surface area contributed by atoms with Crippen LogP contribution in [0.3, 0.4) is 0 Å². The molecule has 0 spiro atoms. The topological polar surface area (TPSA) is 84.9 Å². The predicted octanol–water partition coefficient (Wildman–Crippen LogP) is 2.65. The van der Waals surface area contributed by atoms with E-state index in [0.717, 1.165) is 12.8 Å². The summed E-state index contributed by atoms with van der Waals surface area (Å²) in [5.41, 5.74) is 0. The highest BCUT2D eigenvalue weighted by Crippen LogP contribution is 2.28. The summed E-state index contributed by atoms with van der Waals surface area (Å²) in [4.78, 5) is 0. The molecule has 0 aromatic rings. The van der Waals surface area contributed by atoms with Gasteiger partial charge in [-0.15, -0.1) is 0 Å². The molecule has 1 heterocycles. The molecule has 2 unspecified atom stereocenters. The zero-order valence-corrected chi connectivity index (χ0v) is 14.0. The van der Waals surface area contributed by atoms with E-state index < -0.39 is 16.1 Å². The third-order valence-electron chi connectivity index (χ3n) is 3.72. The number of unbranched alkanes of at least 4 members (excludes halogenated alkanes) is 6. The predicted molar refractivity (Wildman–Crippen MR) is 81.4 cm³/mol. The Hall–Kier alpha value is -0.210. The number of ether oxygens (including phenoxy) is 2. The van der Waals surface area contributed by atoms with Crippen LogP contribution in [0.2, 0.25) is 0 Å². The molecule has 2 N–H and O–H groups in total. The Labute approximate surface area is 128 Å². The molecular formula is C14H29NO5S. The quantitative estimate of drug-likeness (QED) is 0.451. The number of nitrogens with one attached hydrogen (secondary N) is 1. The van der Waals surface area contributed by atoms with Gasteiger partial charge in [0.1, 0.15) is 0 Å². The van der Waals surface area contributed by atoms with Crippen LogP contribution in [-0.2, 0) is 19.8 Å². The molecule has 1 rings (SSSR count). The lowest BCUT2D eigenvalue weighted by atomic mass is 10.1. The molecule has 0 bridgehead atoms. The number of hydrogen-bond acceptors (Lipinski definition) is 4. The van der Waals surface area contributed by atoms with Crippen molar-refractivity contribution in [2.45, 2.75) is 77.1 Å². The molecule has 0 aromatic heterocycles. The number of hydrogen-bond donors (Lipinski definition) is 2. The van der Waals surface area contributed by atoms with Gasteiger partial charge in [0.15, 0.2) is 5.79 Å². The second-order valence-electron chi connectivity index (χ2n) is 5.88. The van der Waals surface area contributed by atoms with Crippen LogP contribution < -0.4 is 4.72 Å². The highest BCUT2D eigenvalue weighted by molar-refractivity contribution is 7.83. The molecule has 1 fully saturated rings. The molecular weight excluding hydrogens is 294 g/mol. The molecule has 0 aliphatic carbocycles. The molecule has 1 aliphatic heterocycles. The van der Waals surface area contributed by atoms with E-state index in [-0.39, 0.29) is 12.6 Å². The van der Waals surface area contributed by atoms with Crippen molar-refractivity contribution < 1.29 is 22.4 Å². The van der Waals surface area contributed by atoms with Gasteiger partial charge in [-0.3, -0.25) is 4.55 Å². The highest BCUT2D eigenvalue weighted by Gasteiger charge is 2.36. The van der Waals surface area contributed by atoms with Crippen LogP contribution in [0.1, 0.15) is 65.2 Å². The molecule has 6 nitrogen and oxygen atoms in total. The van der Waals surface area contributed by atoms with Crippen LogP contribution in [-0.4, -0.2) is 38.0 Å². The van der Waals surface area contributed by atoms with E-state index in [2.05, 4.69) is 6.92 Å². The van der Waals surface area contributed by atoms with E-state index in [1.165, 1.54) is 38.5 Å². The minimum atomic E-state index is -4.17. The lowest BCUT2D eigenvalue weighted by Gasteiger charge is -2.23. The molecule has 21 heavy (non-hydrogen) atoms. The van der Waals surface area contributed by atoms with Crippen LogP contribution in [0.4, 0.5) is 0 Å². The molecule has 1 aliphatic rings. The van der Waals surface area contributed by atoms with E-state index in [1.54, 1.807) is 0 Å². The van der Waals surface area contributed by atoms with Gasteiger partial charge in [-0.2, -0.15) is 13.1 Å². The molecule has 1 saturated heterocycles. The Kier molecular flexibility index (Phi) is 8.12. The Balaban J connectivity index is 2.12. The second-order valence-corrected chi connectivity index (χ2v) is 7.12. The first-order valence-corrected chi connectivity index (χ1v) is 9.32. The van der Waals surface area contributed by atoms with Gasteiger partial charge < -0.3 is 9.47 Å². The van der Waals surface area contributed by atoms with Crippen molar-refractivity contribution in [3.8, 4) is 0 Å². The zero-order chi connectivity index (χ0) is 15.8. The highest BCUT2D eigenvalue weighted by atomic mass is 32.2. The van der Waals surface area contributed by atoms with Crippen LogP contribution in [0.15, 0.2) is 0 Å². The van der Waals surface area contributed by atoms with Crippen LogP contribution >= 0.6 is 0 Å². The maximum absolute atomic E-state index is 10.6. The van der Waals surface area contributed by atoms with Crippen molar-refractivity contribution >= 4 is 10.3 Å². The third-order valence-corrected chi connectivity index (χ3v) is 4.25. The zero-order valence-electron chi connectivity index (χ0n) is 13.1. The van der Waals surface area contributed by atoms with E-state index in [4.69, 9.17) is 14.0 Å². The van der Waals surface area contributed by atoms with Crippen LogP contribution in [0.25, 0.3) is 0 Å². The summed E-state index contributed by atoms with van der Waals surface area (Å²) in [5, 5.41) is 0. The average molecular weight is 323 g/mol. The Bertz CT molecular complexity index is 387. The van der Waals surface area contributed by atoms with Gasteiger partial charge in [0.2, 0.25) is 0 Å². The average Bonchev–Trinajstić information content (AvgIpc) is 2.77. The monoisotopic (exact) mass is 323 g/mol. The maximum Gasteiger partial charge on any atom is 0.333 e. The third kappa shape index (κ3) is 8.73. The fraction of sp³-hybridized carbons (Fsp3) is 1.00. The van der Waals surface area contributed by atoms with Gasteiger partial charge in [-0.25, -0.2) is 0 Å². The van der Waals surface area contributed by atoms with Gasteiger partial charge in [-0.1, -0.05) is 45.4 Å². The lowest BCUT2D eigenvalue weighted by molar-refractivity contribution is -0.158. The molecule has 7 heteroatoms. The summed E-state index contributed by atoms with van der Waals surface area (Å²) < 4.78 is 43.2. The van der Waals surface area contributed by atoms with Crippen molar-refractivity contribution in [3.63, 3.8) is 0 Å². The van der Waals surface area contributed by atoms with Crippen LogP contribution in [0, 0.1) is 0 Å². The van der Waals surface area contributed by atoms with Gasteiger partial charge >= 0.3 is 10.3 Å². The molecule has 2 atom stereocenters. The molecule has 0 aromatic carbocycles. The molecule has 0 saturated carbocycles. The normalized spacial score (nSPS) is 26.3. The van der Waals surface area contributed by atoms with E-state index in [9.17, 15) is 8.42 Å². The summed E-state index contributed by atoms with van der Waals surface area (Å²) in [6, 6.07) is 0. The SMILES string of the molecule is CCCCCCCCCC1(C)OCC(CNS(=O)(=O)O)O1. The van der Waals surface area contributed by atoms with Gasteiger partial charge in [0.25, 0.3) is 0 Å². The van der Waals surface area contributed by atoms with E-state index >= 15 is 0 Å². The fourth-order valence-corrected chi connectivity index (χ4v) is 2.92. The first-order valence-electron chi connectivity index (χ1n) is 7.88. The van der Waals surface area contributed by atoms with Crippen LogP contribution in [0.5, 0.6) is 0 Å². The Morgan fingerprint density at radius 3 is 2.43 bits per heavy atom. The standard InChI is InChI=1S/C14H29NO5S/c1-3-4-5-6-7-8-9-10-14(2)19-12-13(20-14)11-15-21(16,17)18/h13,15H,3-12H2,1-2H3,(H,16,17,18). The van der Waals surface area contributed by atoms with Crippen molar-refractivity contribution in [1.29, 1.82) is 0 Å². The van der Waals surface area contributed by atoms with Gasteiger partial charge in [0.05, 0.1) is 12.7 Å².